The Kier molecular flexibility index (Phi) is 3.05. The minimum atomic E-state index is 0.335. The number of rotatable bonds is 2. The van der Waals surface area contributed by atoms with Crippen molar-refractivity contribution in [1.82, 2.24) is 0 Å². The summed E-state index contributed by atoms with van der Waals surface area (Å²) in [7, 11) is 0. The van der Waals surface area contributed by atoms with E-state index in [4.69, 9.17) is 0 Å². The van der Waals surface area contributed by atoms with Gasteiger partial charge in [0.2, 0.25) is 0 Å². The number of benzene rings is 2. The Morgan fingerprint density at radius 2 is 1.11 bits per heavy atom. The van der Waals surface area contributed by atoms with Gasteiger partial charge in [0.1, 0.15) is 0 Å². The molecule has 0 N–H and O–H groups in total. The van der Waals surface area contributed by atoms with Crippen LogP contribution in [0.2, 0.25) is 10.9 Å². The van der Waals surface area contributed by atoms with Crippen LogP contribution in [-0.4, -0.2) is 13.4 Å². The topological polar surface area (TPSA) is 0 Å². The van der Waals surface area contributed by atoms with Crippen molar-refractivity contribution < 1.29 is 0 Å². The Hall–Kier alpha value is -1.43. The van der Waals surface area contributed by atoms with Crippen LogP contribution in [0.25, 0.3) is 0 Å². The summed E-state index contributed by atoms with van der Waals surface area (Å²) >= 11 is 0. The second-order valence-corrected chi connectivity index (χ2v) is 6.46. The van der Waals surface area contributed by atoms with Gasteiger partial charge in [-0.05, 0) is 0 Å². The number of hydrogen-bond acceptors (Lipinski definition) is 0. The molecule has 19 heavy (non-hydrogen) atoms. The van der Waals surface area contributed by atoms with E-state index in [-0.39, 0.29) is 0 Å². The Balaban J connectivity index is 1.93. The fraction of sp³-hybridized carbons (Fsp3) is 0.294. The van der Waals surface area contributed by atoms with E-state index in [1.165, 1.54) is 10.9 Å². The Labute approximate surface area is 117 Å². The van der Waals surface area contributed by atoms with E-state index in [0.29, 0.717) is 24.4 Å². The quantitative estimate of drug-likeness (QED) is 0.714. The molecule has 0 spiro atoms. The van der Waals surface area contributed by atoms with Crippen LogP contribution < -0.4 is 10.9 Å². The standard InChI is InChI=1S/C17H20B2/c1-14-18(15-10-6-4-7-11-15)17(2,3)19(14)16-12-8-5-9-13-16/h4-14H,1-3H3. The highest BCUT2D eigenvalue weighted by Gasteiger charge is 2.59. The first kappa shape index (κ1) is 12.6. The van der Waals surface area contributed by atoms with Crippen LogP contribution in [0.3, 0.4) is 0 Å². The predicted octanol–water partition coefficient (Wildman–Crippen LogP) is 3.05. The van der Waals surface area contributed by atoms with E-state index >= 15 is 0 Å². The zero-order valence-corrected chi connectivity index (χ0v) is 12.0. The predicted molar refractivity (Wildman–Crippen MR) is 87.1 cm³/mol. The molecule has 2 heteroatoms. The highest BCUT2D eigenvalue weighted by molar-refractivity contribution is 7.11. The molecule has 0 atom stereocenters. The van der Waals surface area contributed by atoms with E-state index in [2.05, 4.69) is 81.4 Å². The third-order valence-corrected chi connectivity index (χ3v) is 4.97. The fourth-order valence-electron chi connectivity index (χ4n) is 4.41. The second-order valence-electron chi connectivity index (χ2n) is 6.46. The van der Waals surface area contributed by atoms with Gasteiger partial charge in [-0.2, -0.15) is 0 Å². The van der Waals surface area contributed by atoms with Gasteiger partial charge in [0, 0.05) is 0 Å². The zero-order valence-electron chi connectivity index (χ0n) is 12.0. The van der Waals surface area contributed by atoms with Gasteiger partial charge in [0.15, 0.2) is 13.4 Å². The summed E-state index contributed by atoms with van der Waals surface area (Å²) in [5.41, 5.74) is 3.69. The van der Waals surface area contributed by atoms with Crippen LogP contribution in [0.5, 0.6) is 0 Å². The summed E-state index contributed by atoms with van der Waals surface area (Å²) in [5, 5.41) is 0.335. The van der Waals surface area contributed by atoms with Crippen LogP contribution in [-0.2, 0) is 0 Å². The summed E-state index contributed by atoms with van der Waals surface area (Å²) in [5.74, 6) is 0. The van der Waals surface area contributed by atoms with Crippen molar-refractivity contribution in [2.24, 2.45) is 0 Å². The van der Waals surface area contributed by atoms with Crippen LogP contribution in [0, 0.1) is 0 Å². The Morgan fingerprint density at radius 3 is 1.42 bits per heavy atom. The zero-order chi connectivity index (χ0) is 13.5. The van der Waals surface area contributed by atoms with Crippen molar-refractivity contribution in [2.75, 3.05) is 0 Å². The lowest BCUT2D eigenvalue weighted by Gasteiger charge is -2.54. The normalized spacial score (nSPS) is 18.3. The first-order valence-electron chi connectivity index (χ1n) is 7.22. The van der Waals surface area contributed by atoms with Crippen LogP contribution in [0.4, 0.5) is 0 Å². The Bertz CT molecular complexity index is 498. The van der Waals surface area contributed by atoms with Gasteiger partial charge in [0.25, 0.3) is 0 Å². The smallest absolute Gasteiger partial charge is 0.0807 e. The van der Waals surface area contributed by atoms with Gasteiger partial charge < -0.3 is 0 Å². The van der Waals surface area contributed by atoms with Crippen molar-refractivity contribution in [3.8, 4) is 0 Å². The van der Waals surface area contributed by atoms with Gasteiger partial charge >= 0.3 is 0 Å². The molecule has 3 rings (SSSR count). The van der Waals surface area contributed by atoms with Gasteiger partial charge in [-0.25, -0.2) is 0 Å². The van der Waals surface area contributed by atoms with Gasteiger partial charge in [0.05, 0.1) is 0 Å². The maximum Gasteiger partial charge on any atom is 0.170 e. The molecule has 1 fully saturated rings. The lowest BCUT2D eigenvalue weighted by Crippen LogP contribution is -2.69. The maximum absolute atomic E-state index is 2.42. The summed E-state index contributed by atoms with van der Waals surface area (Å²) in [4.78, 5) is 0. The molecule has 0 aliphatic carbocycles. The van der Waals surface area contributed by atoms with Gasteiger partial charge in [-0.15, -0.1) is 0 Å². The molecule has 0 radical (unpaired) electrons. The molecule has 94 valence electrons. The summed E-state index contributed by atoms with van der Waals surface area (Å²) in [6.45, 7) is 8.57. The average Bonchev–Trinajstić information content (AvgIpc) is 2.40. The monoisotopic (exact) mass is 246 g/mol. The lowest BCUT2D eigenvalue weighted by molar-refractivity contribution is 0.828. The first-order chi connectivity index (χ1) is 9.12. The SMILES string of the molecule is CC1B(c2ccccc2)C(C)(C)B1c1ccccc1. The van der Waals surface area contributed by atoms with E-state index in [0.717, 1.165) is 0 Å². The molecule has 0 amide bonds. The van der Waals surface area contributed by atoms with E-state index < -0.39 is 0 Å². The first-order valence-corrected chi connectivity index (χ1v) is 7.22. The molecular formula is C17H20B2. The van der Waals surface area contributed by atoms with Crippen molar-refractivity contribution in [3.05, 3.63) is 60.7 Å². The Morgan fingerprint density at radius 1 is 0.737 bits per heavy atom. The van der Waals surface area contributed by atoms with Crippen molar-refractivity contribution in [3.63, 3.8) is 0 Å². The molecular weight excluding hydrogens is 226 g/mol. The van der Waals surface area contributed by atoms with Crippen molar-refractivity contribution in [2.45, 2.75) is 31.7 Å². The minimum absolute atomic E-state index is 0.335. The molecule has 0 nitrogen and oxygen atoms in total. The summed E-state index contributed by atoms with van der Waals surface area (Å²) < 4.78 is 0. The molecule has 1 aliphatic rings. The van der Waals surface area contributed by atoms with Crippen molar-refractivity contribution in [1.29, 1.82) is 0 Å². The lowest BCUT2D eigenvalue weighted by atomic mass is 8.91. The largest absolute Gasteiger partial charge is 0.170 e. The number of hydrogen-bond donors (Lipinski definition) is 0. The molecule has 0 aromatic heterocycles. The summed E-state index contributed by atoms with van der Waals surface area (Å²) in [6, 6.07) is 22.0. The van der Waals surface area contributed by atoms with E-state index in [1.807, 2.05) is 0 Å². The molecule has 0 saturated carbocycles. The van der Waals surface area contributed by atoms with Crippen LogP contribution in [0.1, 0.15) is 20.8 Å². The molecule has 0 bridgehead atoms. The minimum Gasteiger partial charge on any atom is -0.0807 e. The van der Waals surface area contributed by atoms with Gasteiger partial charge in [-0.3, -0.25) is 0 Å². The van der Waals surface area contributed by atoms with E-state index in [1.54, 1.807) is 0 Å². The molecule has 2 aromatic rings. The third kappa shape index (κ3) is 1.94. The van der Waals surface area contributed by atoms with Crippen molar-refractivity contribution >= 4 is 24.4 Å². The summed E-state index contributed by atoms with van der Waals surface area (Å²) in [6.07, 6.45) is 0. The third-order valence-electron chi connectivity index (χ3n) is 4.97. The fourth-order valence-corrected chi connectivity index (χ4v) is 4.41. The molecule has 1 aliphatic heterocycles. The van der Waals surface area contributed by atoms with Crippen LogP contribution in [0.15, 0.2) is 60.7 Å². The maximum atomic E-state index is 2.42. The van der Waals surface area contributed by atoms with E-state index in [9.17, 15) is 0 Å². The average molecular weight is 246 g/mol. The van der Waals surface area contributed by atoms with Gasteiger partial charge in [-0.1, -0.05) is 103 Å². The highest BCUT2D eigenvalue weighted by Crippen LogP contribution is 2.51. The molecule has 2 aromatic carbocycles. The molecule has 1 heterocycles. The van der Waals surface area contributed by atoms with Crippen LogP contribution >= 0.6 is 0 Å². The molecule has 0 unspecified atom stereocenters. The molecule has 1 saturated heterocycles. The highest BCUT2D eigenvalue weighted by atomic mass is 14.2. The second kappa shape index (κ2) is 4.59.